The lowest BCUT2D eigenvalue weighted by Gasteiger charge is -2.43. The zero-order chi connectivity index (χ0) is 17.4. The van der Waals surface area contributed by atoms with Crippen molar-refractivity contribution in [3.8, 4) is 0 Å². The summed E-state index contributed by atoms with van der Waals surface area (Å²) in [5.41, 5.74) is 0.415. The van der Waals surface area contributed by atoms with E-state index in [0.29, 0.717) is 18.6 Å². The molecule has 0 aromatic heterocycles. The summed E-state index contributed by atoms with van der Waals surface area (Å²) >= 11 is 0. The molecule has 3 aliphatic rings. The first kappa shape index (κ1) is 17.0. The number of benzene rings is 1. The van der Waals surface area contributed by atoms with Crippen LogP contribution in [0.4, 0.5) is 8.78 Å². The first-order chi connectivity index (χ1) is 12.1. The van der Waals surface area contributed by atoms with Crippen molar-refractivity contribution in [2.24, 2.45) is 5.92 Å². The fourth-order valence-electron chi connectivity index (χ4n) is 4.63. The molecular formula is C20H25F2NO2. The van der Waals surface area contributed by atoms with E-state index in [0.717, 1.165) is 31.7 Å². The van der Waals surface area contributed by atoms with Gasteiger partial charge in [0.1, 0.15) is 11.6 Å². The fourth-order valence-corrected chi connectivity index (χ4v) is 4.63. The molecule has 1 heterocycles. The number of nitrogens with one attached hydrogen (secondary N) is 1. The molecule has 1 aromatic rings. The minimum absolute atomic E-state index is 0.00610. The van der Waals surface area contributed by atoms with Gasteiger partial charge in [-0.25, -0.2) is 8.78 Å². The van der Waals surface area contributed by atoms with E-state index < -0.39 is 11.6 Å². The van der Waals surface area contributed by atoms with Crippen molar-refractivity contribution in [2.45, 2.75) is 68.9 Å². The second-order valence-electron chi connectivity index (χ2n) is 7.90. The lowest BCUT2D eigenvalue weighted by atomic mass is 9.78. The van der Waals surface area contributed by atoms with E-state index in [4.69, 9.17) is 4.74 Å². The third-order valence-corrected chi connectivity index (χ3v) is 6.09. The molecule has 3 nitrogen and oxygen atoms in total. The molecule has 5 heteroatoms. The standard InChI is InChI=1S/C20H25F2NO2/c21-13-4-5-15(18(22)10-13)16-11-17(16)19(24)23-14-6-9-25-20(12-14)7-2-1-3-8-20/h4-5,10,14,16-17H,1-3,6-9,11-12H2,(H,23,24)/t14-,16+,17+/m1/s1. The third kappa shape index (κ3) is 3.57. The average Bonchev–Trinajstić information content (AvgIpc) is 3.36. The average molecular weight is 349 g/mol. The molecular weight excluding hydrogens is 324 g/mol. The van der Waals surface area contributed by atoms with Crippen molar-refractivity contribution < 1.29 is 18.3 Å². The normalized spacial score (nSPS) is 30.9. The van der Waals surface area contributed by atoms with Gasteiger partial charge in [-0.05, 0) is 49.7 Å². The van der Waals surface area contributed by atoms with Crippen LogP contribution < -0.4 is 5.32 Å². The molecule has 1 amide bonds. The number of hydrogen-bond donors (Lipinski definition) is 1. The first-order valence-corrected chi connectivity index (χ1v) is 9.46. The van der Waals surface area contributed by atoms with Crippen LogP contribution in [0, 0.1) is 17.6 Å². The predicted octanol–water partition coefficient (Wildman–Crippen LogP) is 4.07. The Labute approximate surface area is 147 Å². The second-order valence-corrected chi connectivity index (χ2v) is 7.90. The summed E-state index contributed by atoms with van der Waals surface area (Å²) in [5, 5.41) is 3.17. The van der Waals surface area contributed by atoms with Crippen LogP contribution in [0.1, 0.15) is 62.8 Å². The maximum Gasteiger partial charge on any atom is 0.223 e. The maximum atomic E-state index is 13.9. The van der Waals surface area contributed by atoms with Gasteiger partial charge in [-0.1, -0.05) is 25.3 Å². The van der Waals surface area contributed by atoms with E-state index in [1.165, 1.54) is 31.4 Å². The van der Waals surface area contributed by atoms with Crippen molar-refractivity contribution in [3.05, 3.63) is 35.4 Å². The van der Waals surface area contributed by atoms with Crippen LogP contribution in [0.3, 0.4) is 0 Å². The number of carbonyl (C=O) groups is 1. The Balaban J connectivity index is 1.35. The third-order valence-electron chi connectivity index (χ3n) is 6.09. The number of hydrogen-bond acceptors (Lipinski definition) is 2. The molecule has 3 fully saturated rings. The number of carbonyl (C=O) groups excluding carboxylic acids is 1. The minimum Gasteiger partial charge on any atom is -0.375 e. The minimum atomic E-state index is -0.581. The topological polar surface area (TPSA) is 38.3 Å². The molecule has 4 rings (SSSR count). The highest BCUT2D eigenvalue weighted by molar-refractivity contribution is 5.83. The molecule has 0 unspecified atom stereocenters. The molecule has 1 aromatic carbocycles. The van der Waals surface area contributed by atoms with Gasteiger partial charge in [0, 0.05) is 24.6 Å². The van der Waals surface area contributed by atoms with Crippen LogP contribution in [0.15, 0.2) is 18.2 Å². The number of halogens is 2. The highest BCUT2D eigenvalue weighted by Crippen LogP contribution is 2.48. The van der Waals surface area contributed by atoms with Gasteiger partial charge < -0.3 is 10.1 Å². The summed E-state index contributed by atoms with van der Waals surface area (Å²) in [6.45, 7) is 0.700. The molecule has 2 saturated carbocycles. The lowest BCUT2D eigenvalue weighted by Crippen LogP contribution is -2.49. The van der Waals surface area contributed by atoms with Gasteiger partial charge in [-0.2, -0.15) is 0 Å². The quantitative estimate of drug-likeness (QED) is 0.893. The van der Waals surface area contributed by atoms with E-state index in [1.807, 2.05) is 0 Å². The zero-order valence-corrected chi connectivity index (χ0v) is 14.4. The van der Waals surface area contributed by atoms with Crippen LogP contribution in [0.25, 0.3) is 0 Å². The van der Waals surface area contributed by atoms with Crippen molar-refractivity contribution in [1.29, 1.82) is 0 Å². The molecule has 3 atom stereocenters. The lowest BCUT2D eigenvalue weighted by molar-refractivity contribution is -0.129. The second kappa shape index (κ2) is 6.67. The van der Waals surface area contributed by atoms with E-state index in [2.05, 4.69) is 5.32 Å². The van der Waals surface area contributed by atoms with Crippen LogP contribution >= 0.6 is 0 Å². The van der Waals surface area contributed by atoms with Gasteiger partial charge in [0.15, 0.2) is 0 Å². The Kier molecular flexibility index (Phi) is 4.52. The van der Waals surface area contributed by atoms with E-state index in [1.54, 1.807) is 0 Å². The highest BCUT2D eigenvalue weighted by Gasteiger charge is 2.46. The number of ether oxygens (including phenoxy) is 1. The van der Waals surface area contributed by atoms with Gasteiger partial charge >= 0.3 is 0 Å². The zero-order valence-electron chi connectivity index (χ0n) is 14.4. The Bertz CT molecular complexity index is 652. The summed E-state index contributed by atoms with van der Waals surface area (Å²) in [6.07, 6.45) is 8.23. The summed E-state index contributed by atoms with van der Waals surface area (Å²) in [5.74, 6) is -1.43. The number of rotatable bonds is 3. The predicted molar refractivity (Wildman–Crippen MR) is 90.1 cm³/mol. The van der Waals surface area contributed by atoms with Crippen molar-refractivity contribution >= 4 is 5.91 Å². The summed E-state index contributed by atoms with van der Waals surface area (Å²) in [7, 11) is 0. The molecule has 1 spiro atoms. The maximum absolute atomic E-state index is 13.9. The largest absolute Gasteiger partial charge is 0.375 e. The van der Waals surface area contributed by atoms with E-state index >= 15 is 0 Å². The Morgan fingerprint density at radius 3 is 2.76 bits per heavy atom. The van der Waals surface area contributed by atoms with E-state index in [9.17, 15) is 13.6 Å². The Hall–Kier alpha value is -1.49. The van der Waals surface area contributed by atoms with Crippen LogP contribution in [-0.4, -0.2) is 24.2 Å². The Morgan fingerprint density at radius 1 is 1.20 bits per heavy atom. The summed E-state index contributed by atoms with van der Waals surface area (Å²) < 4.78 is 33.0. The van der Waals surface area contributed by atoms with Crippen molar-refractivity contribution in [2.75, 3.05) is 6.61 Å². The molecule has 0 bridgehead atoms. The fraction of sp³-hybridized carbons (Fsp3) is 0.650. The Morgan fingerprint density at radius 2 is 2.00 bits per heavy atom. The summed E-state index contributed by atoms with van der Waals surface area (Å²) in [6, 6.07) is 3.78. The molecule has 2 aliphatic carbocycles. The van der Waals surface area contributed by atoms with Gasteiger partial charge in [-0.3, -0.25) is 4.79 Å². The SMILES string of the molecule is O=C(N[C@@H]1CCOC2(CCCCC2)C1)[C@H]1C[C@H]1c1ccc(F)cc1F. The van der Waals surface area contributed by atoms with Crippen molar-refractivity contribution in [1.82, 2.24) is 5.32 Å². The molecule has 1 aliphatic heterocycles. The van der Waals surface area contributed by atoms with Gasteiger partial charge in [0.2, 0.25) is 5.91 Å². The van der Waals surface area contributed by atoms with Gasteiger partial charge in [0.05, 0.1) is 5.60 Å². The highest BCUT2D eigenvalue weighted by atomic mass is 19.1. The van der Waals surface area contributed by atoms with Gasteiger partial charge in [-0.15, -0.1) is 0 Å². The molecule has 1 N–H and O–H groups in total. The first-order valence-electron chi connectivity index (χ1n) is 9.46. The van der Waals surface area contributed by atoms with Crippen molar-refractivity contribution in [3.63, 3.8) is 0 Å². The van der Waals surface area contributed by atoms with E-state index in [-0.39, 0.29) is 29.4 Å². The van der Waals surface area contributed by atoms with Crippen LogP contribution in [0.5, 0.6) is 0 Å². The van der Waals surface area contributed by atoms with Crippen LogP contribution in [-0.2, 0) is 9.53 Å². The van der Waals surface area contributed by atoms with Crippen LogP contribution in [0.2, 0.25) is 0 Å². The monoisotopic (exact) mass is 349 g/mol. The summed E-state index contributed by atoms with van der Waals surface area (Å²) in [4.78, 5) is 12.6. The molecule has 1 saturated heterocycles. The molecule has 25 heavy (non-hydrogen) atoms. The molecule has 136 valence electrons. The van der Waals surface area contributed by atoms with Gasteiger partial charge in [0.25, 0.3) is 0 Å². The molecule has 0 radical (unpaired) electrons. The smallest absolute Gasteiger partial charge is 0.223 e. The number of amides is 1.